The largest absolute Gasteiger partial charge is 0.466 e. The van der Waals surface area contributed by atoms with E-state index in [9.17, 15) is 13.6 Å². The lowest BCUT2D eigenvalue weighted by Gasteiger charge is -2.07. The Bertz CT molecular complexity index is 1080. The van der Waals surface area contributed by atoms with Gasteiger partial charge in [-0.05, 0) is 43.5 Å². The molecule has 0 unspecified atom stereocenters. The number of rotatable bonds is 5. The minimum Gasteiger partial charge on any atom is -0.466 e. The van der Waals surface area contributed by atoms with Gasteiger partial charge in [0.15, 0.2) is 12.3 Å². The van der Waals surface area contributed by atoms with Gasteiger partial charge in [0.05, 0.1) is 5.39 Å². The van der Waals surface area contributed by atoms with E-state index in [1.165, 1.54) is 12.1 Å². The van der Waals surface area contributed by atoms with Crippen molar-refractivity contribution in [2.75, 3.05) is 6.61 Å². The number of carbonyl (C=O) groups excluding carboxylic acids is 1. The van der Waals surface area contributed by atoms with Crippen LogP contribution in [0.25, 0.3) is 11.0 Å². The van der Waals surface area contributed by atoms with E-state index in [0.717, 1.165) is 22.7 Å². The molecule has 1 aromatic carbocycles. The van der Waals surface area contributed by atoms with Crippen molar-refractivity contribution in [1.29, 1.82) is 0 Å². The van der Waals surface area contributed by atoms with Crippen molar-refractivity contribution in [3.8, 4) is 5.88 Å². The van der Waals surface area contributed by atoms with Gasteiger partial charge in [-0.15, -0.1) is 5.10 Å². The Hall–Kier alpha value is -3.03. The van der Waals surface area contributed by atoms with Crippen molar-refractivity contribution in [3.05, 3.63) is 52.7 Å². The number of hydrogen-bond acceptors (Lipinski definition) is 4. The average Bonchev–Trinajstić information content (AvgIpc) is 3.28. The van der Waals surface area contributed by atoms with E-state index in [1.807, 2.05) is 19.9 Å². The Labute approximate surface area is 160 Å². The van der Waals surface area contributed by atoms with Crippen LogP contribution >= 0.6 is 0 Å². The zero-order chi connectivity index (χ0) is 20.0. The highest BCUT2D eigenvalue weighted by atomic mass is 19.1. The maximum Gasteiger partial charge on any atom is 0.258 e. The Morgan fingerprint density at radius 2 is 2.11 bits per heavy atom. The second-order valence-electron chi connectivity index (χ2n) is 7.18. The zero-order valence-corrected chi connectivity index (χ0v) is 15.8. The monoisotopic (exact) mass is 386 g/mol. The third-order valence-corrected chi connectivity index (χ3v) is 4.93. The van der Waals surface area contributed by atoms with Crippen LogP contribution in [0.2, 0.25) is 0 Å². The van der Waals surface area contributed by atoms with Crippen LogP contribution in [0.1, 0.15) is 29.2 Å². The van der Waals surface area contributed by atoms with Crippen molar-refractivity contribution >= 4 is 16.9 Å². The summed E-state index contributed by atoms with van der Waals surface area (Å²) < 4.78 is 34.1. The number of pyridine rings is 1. The molecule has 6 nitrogen and oxygen atoms in total. The lowest BCUT2D eigenvalue weighted by molar-refractivity contribution is -0.123. The van der Waals surface area contributed by atoms with E-state index in [2.05, 4.69) is 15.4 Å². The molecule has 2 heterocycles. The Morgan fingerprint density at radius 3 is 2.86 bits per heavy atom. The number of aryl methyl sites for hydroxylation is 3. The number of benzene rings is 1. The maximum atomic E-state index is 13.8. The summed E-state index contributed by atoms with van der Waals surface area (Å²) in [5.41, 5.74) is 2.97. The van der Waals surface area contributed by atoms with Crippen LogP contribution in [0.3, 0.4) is 0 Å². The van der Waals surface area contributed by atoms with E-state index < -0.39 is 11.6 Å². The van der Waals surface area contributed by atoms with Crippen LogP contribution in [-0.4, -0.2) is 33.3 Å². The van der Waals surface area contributed by atoms with Gasteiger partial charge >= 0.3 is 0 Å². The molecule has 1 N–H and O–H groups in total. The Kier molecular flexibility index (Phi) is 4.49. The van der Waals surface area contributed by atoms with Gasteiger partial charge < -0.3 is 10.1 Å². The molecule has 2 atom stereocenters. The van der Waals surface area contributed by atoms with E-state index in [1.54, 1.807) is 11.7 Å². The summed E-state index contributed by atoms with van der Waals surface area (Å²) in [5.74, 6) is -1.30. The molecule has 0 saturated heterocycles. The maximum absolute atomic E-state index is 13.8. The number of aromatic nitrogens is 3. The van der Waals surface area contributed by atoms with Crippen molar-refractivity contribution < 1.29 is 18.3 Å². The molecular formula is C20H20F2N4O2. The van der Waals surface area contributed by atoms with Gasteiger partial charge in [-0.2, -0.15) is 0 Å². The van der Waals surface area contributed by atoms with Crippen LogP contribution in [0.4, 0.5) is 8.78 Å². The number of nitrogens with one attached hydrogen (secondary N) is 1. The van der Waals surface area contributed by atoms with Crippen molar-refractivity contribution in [2.45, 2.75) is 32.2 Å². The Morgan fingerprint density at radius 1 is 1.32 bits per heavy atom. The highest BCUT2D eigenvalue weighted by molar-refractivity contribution is 5.86. The molecule has 1 fully saturated rings. The van der Waals surface area contributed by atoms with Gasteiger partial charge in [0.25, 0.3) is 5.91 Å². The molecule has 1 aliphatic rings. The first-order chi connectivity index (χ1) is 13.3. The first-order valence-corrected chi connectivity index (χ1v) is 9.01. The topological polar surface area (TPSA) is 69.0 Å². The molecule has 0 aliphatic heterocycles. The summed E-state index contributed by atoms with van der Waals surface area (Å²) >= 11 is 0. The highest BCUT2D eigenvalue weighted by Gasteiger charge is 2.41. The third-order valence-electron chi connectivity index (χ3n) is 4.93. The SMILES string of the molecule is Cc1cc(C)c2c(OCC(=O)N[C@H]3C[C@@H]3c3ccc(F)cc3F)nn(C)c2n1. The smallest absolute Gasteiger partial charge is 0.258 e. The van der Waals surface area contributed by atoms with E-state index in [4.69, 9.17) is 4.74 Å². The first-order valence-electron chi connectivity index (χ1n) is 9.01. The number of ether oxygens (including phenoxy) is 1. The van der Waals surface area contributed by atoms with Gasteiger partial charge in [0, 0.05) is 30.8 Å². The van der Waals surface area contributed by atoms with Crippen LogP contribution in [0.15, 0.2) is 24.3 Å². The summed E-state index contributed by atoms with van der Waals surface area (Å²) in [6.07, 6.45) is 0.614. The second kappa shape index (κ2) is 6.85. The number of halogens is 2. The molecule has 3 aromatic rings. The average molecular weight is 386 g/mol. The van der Waals surface area contributed by atoms with Crippen molar-refractivity contribution in [3.63, 3.8) is 0 Å². The fourth-order valence-electron chi connectivity index (χ4n) is 3.53. The van der Waals surface area contributed by atoms with E-state index >= 15 is 0 Å². The standard InChI is InChI=1S/C20H20F2N4O2/c1-10-6-11(2)23-19-18(10)20(25-26(19)3)28-9-17(27)24-16-8-14(16)13-5-4-12(21)7-15(13)22/h4-7,14,16H,8-9H2,1-3H3,(H,24,27)/t14-,16+/m1/s1. The van der Waals surface area contributed by atoms with Crippen molar-refractivity contribution in [1.82, 2.24) is 20.1 Å². The predicted octanol–water partition coefficient (Wildman–Crippen LogP) is 2.91. The normalized spacial score (nSPS) is 18.3. The van der Waals surface area contributed by atoms with Gasteiger partial charge in [0.2, 0.25) is 5.88 Å². The fraction of sp³-hybridized carbons (Fsp3) is 0.350. The minimum atomic E-state index is -0.613. The van der Waals surface area contributed by atoms with Crippen molar-refractivity contribution in [2.24, 2.45) is 7.05 Å². The Balaban J connectivity index is 1.39. The number of carbonyl (C=O) groups is 1. The van der Waals surface area contributed by atoms with Crippen LogP contribution in [0, 0.1) is 25.5 Å². The lowest BCUT2D eigenvalue weighted by Crippen LogP contribution is -2.31. The van der Waals surface area contributed by atoms with Gasteiger partial charge in [-0.1, -0.05) is 6.07 Å². The second-order valence-corrected chi connectivity index (χ2v) is 7.18. The summed E-state index contributed by atoms with van der Waals surface area (Å²) in [6, 6.07) is 5.27. The zero-order valence-electron chi connectivity index (χ0n) is 15.8. The van der Waals surface area contributed by atoms with Crippen LogP contribution in [0.5, 0.6) is 5.88 Å². The summed E-state index contributed by atoms with van der Waals surface area (Å²) in [5, 5.41) is 7.90. The summed E-state index contributed by atoms with van der Waals surface area (Å²) in [4.78, 5) is 16.7. The number of hydrogen-bond donors (Lipinski definition) is 1. The van der Waals surface area contributed by atoms with Gasteiger partial charge in [-0.25, -0.2) is 18.4 Å². The molecule has 28 heavy (non-hydrogen) atoms. The van der Waals surface area contributed by atoms with Crippen LogP contribution in [-0.2, 0) is 11.8 Å². The number of fused-ring (bicyclic) bond motifs is 1. The quantitative estimate of drug-likeness (QED) is 0.732. The molecule has 0 radical (unpaired) electrons. The molecule has 1 aliphatic carbocycles. The summed E-state index contributed by atoms with van der Waals surface area (Å²) in [7, 11) is 1.77. The molecule has 1 saturated carbocycles. The molecular weight excluding hydrogens is 366 g/mol. The lowest BCUT2D eigenvalue weighted by atomic mass is 10.1. The summed E-state index contributed by atoms with van der Waals surface area (Å²) in [6.45, 7) is 3.65. The van der Waals surface area contributed by atoms with E-state index in [-0.39, 0.29) is 24.5 Å². The fourth-order valence-corrected chi connectivity index (χ4v) is 3.53. The molecule has 4 rings (SSSR count). The van der Waals surface area contributed by atoms with Gasteiger partial charge in [-0.3, -0.25) is 4.79 Å². The number of nitrogens with zero attached hydrogens (tertiary/aromatic N) is 3. The first kappa shape index (κ1) is 18.3. The molecule has 1 amide bonds. The molecule has 2 aromatic heterocycles. The molecule has 0 bridgehead atoms. The molecule has 0 spiro atoms. The van der Waals surface area contributed by atoms with Crippen LogP contribution < -0.4 is 10.1 Å². The third kappa shape index (κ3) is 3.42. The van der Waals surface area contributed by atoms with Gasteiger partial charge in [0.1, 0.15) is 11.6 Å². The molecule has 146 valence electrons. The van der Waals surface area contributed by atoms with E-state index in [0.29, 0.717) is 23.5 Å². The minimum absolute atomic E-state index is 0.144. The highest BCUT2D eigenvalue weighted by Crippen LogP contribution is 2.42. The predicted molar refractivity (Wildman–Crippen MR) is 99.1 cm³/mol. The molecule has 8 heteroatoms. The number of amides is 1.